The molecule has 0 saturated carbocycles. The Morgan fingerprint density at radius 3 is 2.50 bits per heavy atom. The standard InChI is InChI=1S/C17H16ClFN6O5/c1-30-17(29)11-5-8(25-13(15(21)27)12(14(20)26)22-23-25)6-24(11)16(28)7-2-3-10(19)9(18)4-7/h2-4,8,11H,5-6H2,1H3,(H2,20,26)(H2,21,27). The van der Waals surface area contributed by atoms with Gasteiger partial charge in [0.15, 0.2) is 11.4 Å². The molecule has 1 aliphatic rings. The number of aromatic nitrogens is 3. The van der Waals surface area contributed by atoms with Gasteiger partial charge in [-0.2, -0.15) is 0 Å². The molecule has 1 aliphatic heterocycles. The molecule has 0 radical (unpaired) electrons. The summed E-state index contributed by atoms with van der Waals surface area (Å²) >= 11 is 5.75. The first-order valence-corrected chi connectivity index (χ1v) is 8.92. The van der Waals surface area contributed by atoms with E-state index in [9.17, 15) is 23.6 Å². The Labute approximate surface area is 173 Å². The number of ether oxygens (including phenoxy) is 1. The molecule has 158 valence electrons. The predicted molar refractivity (Wildman–Crippen MR) is 99.0 cm³/mol. The molecule has 2 aromatic rings. The molecule has 0 spiro atoms. The van der Waals surface area contributed by atoms with Crippen molar-refractivity contribution >= 4 is 35.3 Å². The van der Waals surface area contributed by atoms with Crippen LogP contribution in [0, 0.1) is 5.82 Å². The number of methoxy groups -OCH3 is 1. The summed E-state index contributed by atoms with van der Waals surface area (Å²) in [6.45, 7) is -0.102. The van der Waals surface area contributed by atoms with Crippen LogP contribution >= 0.6 is 11.6 Å². The van der Waals surface area contributed by atoms with E-state index in [0.717, 1.165) is 23.9 Å². The van der Waals surface area contributed by atoms with Gasteiger partial charge in [-0.25, -0.2) is 13.9 Å². The van der Waals surface area contributed by atoms with Crippen LogP contribution in [0.25, 0.3) is 0 Å². The summed E-state index contributed by atoms with van der Waals surface area (Å²) in [5.74, 6) is -4.05. The summed E-state index contributed by atoms with van der Waals surface area (Å²) < 4.78 is 19.3. The number of nitrogens with two attached hydrogens (primary N) is 2. The fourth-order valence-electron chi connectivity index (χ4n) is 3.31. The van der Waals surface area contributed by atoms with Crippen LogP contribution in [0.2, 0.25) is 5.02 Å². The van der Waals surface area contributed by atoms with Gasteiger partial charge in [-0.05, 0) is 18.2 Å². The van der Waals surface area contributed by atoms with E-state index in [-0.39, 0.29) is 29.2 Å². The van der Waals surface area contributed by atoms with E-state index >= 15 is 0 Å². The lowest BCUT2D eigenvalue weighted by atomic mass is 10.1. The van der Waals surface area contributed by atoms with Gasteiger partial charge in [0.2, 0.25) is 0 Å². The van der Waals surface area contributed by atoms with Crippen molar-refractivity contribution in [1.82, 2.24) is 19.9 Å². The molecule has 1 aromatic heterocycles. The molecule has 2 atom stereocenters. The third-order valence-corrected chi connectivity index (χ3v) is 4.98. The zero-order valence-corrected chi connectivity index (χ0v) is 16.3. The molecule has 2 heterocycles. The van der Waals surface area contributed by atoms with Crippen LogP contribution in [0.15, 0.2) is 18.2 Å². The molecular formula is C17H16ClFN6O5. The zero-order chi connectivity index (χ0) is 22.2. The molecule has 0 aliphatic carbocycles. The van der Waals surface area contributed by atoms with Gasteiger partial charge in [-0.3, -0.25) is 14.4 Å². The fourth-order valence-corrected chi connectivity index (χ4v) is 3.50. The van der Waals surface area contributed by atoms with Crippen LogP contribution in [-0.4, -0.2) is 63.3 Å². The number of hydrogen-bond acceptors (Lipinski definition) is 7. The molecule has 4 N–H and O–H groups in total. The minimum atomic E-state index is -1.04. The van der Waals surface area contributed by atoms with Crippen LogP contribution in [0.3, 0.4) is 0 Å². The third-order valence-electron chi connectivity index (χ3n) is 4.69. The number of primary amides is 2. The van der Waals surface area contributed by atoms with Crippen molar-refractivity contribution in [3.05, 3.63) is 46.0 Å². The molecular weight excluding hydrogens is 423 g/mol. The largest absolute Gasteiger partial charge is 0.467 e. The SMILES string of the molecule is COC(=O)C1CC(n2nnc(C(N)=O)c2C(N)=O)CN1C(=O)c1ccc(F)c(Cl)c1. The maximum absolute atomic E-state index is 13.4. The minimum Gasteiger partial charge on any atom is -0.467 e. The summed E-state index contributed by atoms with van der Waals surface area (Å²) in [6, 6.07) is 1.60. The molecule has 1 aromatic carbocycles. The van der Waals surface area contributed by atoms with Crippen LogP contribution in [-0.2, 0) is 9.53 Å². The normalized spacial score (nSPS) is 18.3. The quantitative estimate of drug-likeness (QED) is 0.615. The molecule has 1 fully saturated rings. The molecule has 3 amide bonds. The maximum atomic E-state index is 13.4. The molecule has 13 heteroatoms. The number of nitrogens with zero attached hydrogens (tertiary/aromatic N) is 4. The van der Waals surface area contributed by atoms with Gasteiger partial charge in [0, 0.05) is 18.5 Å². The van der Waals surface area contributed by atoms with Crippen molar-refractivity contribution in [3.8, 4) is 0 Å². The molecule has 11 nitrogen and oxygen atoms in total. The van der Waals surface area contributed by atoms with Crippen molar-refractivity contribution in [2.45, 2.75) is 18.5 Å². The van der Waals surface area contributed by atoms with E-state index in [0.29, 0.717) is 0 Å². The molecule has 30 heavy (non-hydrogen) atoms. The lowest BCUT2D eigenvalue weighted by molar-refractivity contribution is -0.145. The Morgan fingerprint density at radius 1 is 1.23 bits per heavy atom. The highest BCUT2D eigenvalue weighted by Crippen LogP contribution is 2.31. The highest BCUT2D eigenvalue weighted by molar-refractivity contribution is 6.31. The van der Waals surface area contributed by atoms with Gasteiger partial charge < -0.3 is 21.1 Å². The van der Waals surface area contributed by atoms with Crippen molar-refractivity contribution in [1.29, 1.82) is 0 Å². The van der Waals surface area contributed by atoms with Gasteiger partial charge in [0.25, 0.3) is 17.7 Å². The predicted octanol–water partition coefficient (Wildman–Crippen LogP) is -0.103. The molecule has 1 saturated heterocycles. The lowest BCUT2D eigenvalue weighted by Gasteiger charge is -2.22. The number of esters is 1. The smallest absolute Gasteiger partial charge is 0.328 e. The number of benzene rings is 1. The number of rotatable bonds is 5. The summed E-state index contributed by atoms with van der Waals surface area (Å²) in [7, 11) is 1.16. The van der Waals surface area contributed by atoms with Crippen LogP contribution in [0.1, 0.15) is 43.8 Å². The number of halogens is 2. The van der Waals surface area contributed by atoms with Gasteiger partial charge in [0.1, 0.15) is 11.9 Å². The number of likely N-dealkylation sites (tertiary alicyclic amines) is 1. The van der Waals surface area contributed by atoms with Gasteiger partial charge in [-0.15, -0.1) is 5.10 Å². The minimum absolute atomic E-state index is 0.00478. The van der Waals surface area contributed by atoms with Crippen molar-refractivity contribution in [2.75, 3.05) is 13.7 Å². The van der Waals surface area contributed by atoms with Crippen molar-refractivity contribution < 1.29 is 28.3 Å². The average Bonchev–Trinajstić information content (AvgIpc) is 3.33. The Morgan fingerprint density at radius 2 is 1.93 bits per heavy atom. The number of carbonyl (C=O) groups is 4. The summed E-state index contributed by atoms with van der Waals surface area (Å²) in [5, 5.41) is 7.08. The van der Waals surface area contributed by atoms with Crippen LogP contribution < -0.4 is 11.5 Å². The summed E-state index contributed by atoms with van der Waals surface area (Å²) in [4.78, 5) is 49.8. The van der Waals surface area contributed by atoms with E-state index in [1.165, 1.54) is 11.0 Å². The maximum Gasteiger partial charge on any atom is 0.328 e. The van der Waals surface area contributed by atoms with E-state index in [1.54, 1.807) is 0 Å². The third kappa shape index (κ3) is 3.68. The summed E-state index contributed by atoms with van der Waals surface area (Å²) in [6.07, 6.45) is -0.00478. The molecule has 3 rings (SSSR count). The first-order valence-electron chi connectivity index (χ1n) is 8.54. The Kier molecular flexibility index (Phi) is 5.69. The Balaban J connectivity index is 1.99. The van der Waals surface area contributed by atoms with Gasteiger partial charge in [-0.1, -0.05) is 16.8 Å². The zero-order valence-electron chi connectivity index (χ0n) is 15.5. The van der Waals surface area contributed by atoms with Gasteiger partial charge >= 0.3 is 5.97 Å². The Hall–Kier alpha value is -3.54. The van der Waals surface area contributed by atoms with E-state index < -0.39 is 47.3 Å². The number of amides is 3. The first-order chi connectivity index (χ1) is 14.1. The highest BCUT2D eigenvalue weighted by atomic mass is 35.5. The second-order valence-corrected chi connectivity index (χ2v) is 6.88. The van der Waals surface area contributed by atoms with Crippen LogP contribution in [0.4, 0.5) is 4.39 Å². The monoisotopic (exact) mass is 438 g/mol. The van der Waals surface area contributed by atoms with Crippen molar-refractivity contribution in [3.63, 3.8) is 0 Å². The number of hydrogen-bond donors (Lipinski definition) is 2. The second kappa shape index (κ2) is 8.06. The highest BCUT2D eigenvalue weighted by Gasteiger charge is 2.43. The lowest BCUT2D eigenvalue weighted by Crippen LogP contribution is -2.41. The molecule has 2 unspecified atom stereocenters. The first kappa shape index (κ1) is 21.2. The van der Waals surface area contributed by atoms with Crippen molar-refractivity contribution in [2.24, 2.45) is 11.5 Å². The Bertz CT molecular complexity index is 1060. The van der Waals surface area contributed by atoms with Crippen LogP contribution in [0.5, 0.6) is 0 Å². The van der Waals surface area contributed by atoms with Gasteiger partial charge in [0.05, 0.1) is 18.2 Å². The topological polar surface area (TPSA) is 164 Å². The average molecular weight is 439 g/mol. The summed E-state index contributed by atoms with van der Waals surface area (Å²) in [5.41, 5.74) is 9.81. The van der Waals surface area contributed by atoms with E-state index in [2.05, 4.69) is 10.3 Å². The van der Waals surface area contributed by atoms with E-state index in [1.807, 2.05) is 0 Å². The molecule has 0 bridgehead atoms. The number of carbonyl (C=O) groups excluding carboxylic acids is 4. The van der Waals surface area contributed by atoms with E-state index in [4.69, 9.17) is 27.8 Å². The second-order valence-electron chi connectivity index (χ2n) is 6.47. The fraction of sp³-hybridized carbons (Fsp3) is 0.294.